The number of aliphatic carboxylic acids is 1. The number of halogens is 4. The van der Waals surface area contributed by atoms with Gasteiger partial charge in [-0.15, -0.1) is 0 Å². The van der Waals surface area contributed by atoms with Crippen LogP contribution in [0.1, 0.15) is 6.42 Å². The van der Waals surface area contributed by atoms with Crippen molar-refractivity contribution in [2.24, 2.45) is 0 Å². The molecule has 0 aromatic heterocycles. The lowest BCUT2D eigenvalue weighted by Gasteiger charge is -2.21. The molecule has 0 rings (SSSR count). The number of carbonyl (C=O) groups is 1. The van der Waals surface area contributed by atoms with Crippen molar-refractivity contribution < 1.29 is 32.6 Å². The Morgan fingerprint density at radius 2 is 1.67 bits per heavy atom. The van der Waals surface area contributed by atoms with Crippen LogP contribution in [0.4, 0.5) is 17.6 Å². The number of alkyl halides is 4. The van der Waals surface area contributed by atoms with Crippen LogP contribution in [0.15, 0.2) is 0 Å². The fourth-order valence-electron chi connectivity index (χ4n) is 0.454. The highest BCUT2D eigenvalue weighted by Crippen LogP contribution is 2.36. The highest BCUT2D eigenvalue weighted by atomic mass is 19.3. The van der Waals surface area contributed by atoms with Gasteiger partial charge in [0.15, 0.2) is 0 Å². The zero-order valence-corrected chi connectivity index (χ0v) is 5.73. The molecule has 0 radical (unpaired) electrons. The van der Waals surface area contributed by atoms with E-state index in [9.17, 15) is 22.4 Å². The summed E-state index contributed by atoms with van der Waals surface area (Å²) in [4.78, 5) is 9.63. The van der Waals surface area contributed by atoms with Crippen LogP contribution in [-0.2, 0) is 4.79 Å². The van der Waals surface area contributed by atoms with Gasteiger partial charge in [-0.3, -0.25) is 0 Å². The highest BCUT2D eigenvalue weighted by Gasteiger charge is 2.61. The normalized spacial score (nSPS) is 13.1. The molecule has 0 aliphatic rings. The van der Waals surface area contributed by atoms with E-state index in [4.69, 9.17) is 10.2 Å². The first kappa shape index (κ1) is 11.2. The molecule has 0 unspecified atom stereocenters. The molecule has 0 saturated heterocycles. The van der Waals surface area contributed by atoms with Gasteiger partial charge < -0.3 is 10.2 Å². The van der Waals surface area contributed by atoms with Gasteiger partial charge >= 0.3 is 17.8 Å². The van der Waals surface area contributed by atoms with Gasteiger partial charge in [0.1, 0.15) is 0 Å². The topological polar surface area (TPSA) is 57.5 Å². The van der Waals surface area contributed by atoms with E-state index in [0.29, 0.717) is 0 Å². The van der Waals surface area contributed by atoms with Gasteiger partial charge in [0.25, 0.3) is 0 Å². The fourth-order valence-corrected chi connectivity index (χ4v) is 0.454. The minimum atomic E-state index is -5.13. The monoisotopic (exact) mass is 190 g/mol. The number of aliphatic hydroxyl groups is 1. The largest absolute Gasteiger partial charge is 0.477 e. The molecule has 0 amide bonds. The van der Waals surface area contributed by atoms with Gasteiger partial charge in [-0.2, -0.15) is 17.6 Å². The Morgan fingerprint density at radius 3 is 1.92 bits per heavy atom. The Labute approximate surface area is 64.6 Å². The van der Waals surface area contributed by atoms with E-state index in [1.54, 1.807) is 0 Å². The summed E-state index contributed by atoms with van der Waals surface area (Å²) in [6.07, 6.45) is -1.58. The average molecular weight is 190 g/mol. The predicted molar refractivity (Wildman–Crippen MR) is 29.2 cm³/mol. The maximum Gasteiger partial charge on any atom is 0.404 e. The fraction of sp³-hybridized carbons (Fsp3) is 0.800. The van der Waals surface area contributed by atoms with E-state index in [1.165, 1.54) is 0 Å². The van der Waals surface area contributed by atoms with Crippen molar-refractivity contribution in [2.75, 3.05) is 6.61 Å². The number of rotatable bonds is 4. The lowest BCUT2D eigenvalue weighted by atomic mass is 10.1. The summed E-state index contributed by atoms with van der Waals surface area (Å²) in [6, 6.07) is 0. The van der Waals surface area contributed by atoms with Crippen molar-refractivity contribution in [2.45, 2.75) is 18.3 Å². The summed E-state index contributed by atoms with van der Waals surface area (Å²) in [6.45, 7) is -1.20. The molecule has 0 saturated carbocycles. The second kappa shape index (κ2) is 3.26. The maximum absolute atomic E-state index is 12.2. The number of carboxylic acid groups (broad SMARTS) is 1. The summed E-state index contributed by atoms with van der Waals surface area (Å²) in [5, 5.41) is 15.6. The van der Waals surface area contributed by atoms with Gasteiger partial charge in [0.2, 0.25) is 0 Å². The number of hydrogen-bond donors (Lipinski definition) is 2. The molecular weight excluding hydrogens is 184 g/mol. The first-order chi connectivity index (χ1) is 5.25. The Kier molecular flexibility index (Phi) is 3.03. The first-order valence-electron chi connectivity index (χ1n) is 2.85. The molecule has 0 aromatic carbocycles. The Balaban J connectivity index is 4.62. The smallest absolute Gasteiger partial charge is 0.404 e. The second-order valence-electron chi connectivity index (χ2n) is 2.06. The van der Waals surface area contributed by atoms with E-state index >= 15 is 0 Å². The molecule has 12 heavy (non-hydrogen) atoms. The van der Waals surface area contributed by atoms with Crippen LogP contribution in [0.5, 0.6) is 0 Å². The van der Waals surface area contributed by atoms with Gasteiger partial charge in [-0.1, -0.05) is 0 Å². The van der Waals surface area contributed by atoms with Crippen molar-refractivity contribution in [1.29, 1.82) is 0 Å². The van der Waals surface area contributed by atoms with Crippen molar-refractivity contribution in [3.05, 3.63) is 0 Å². The van der Waals surface area contributed by atoms with Crippen LogP contribution < -0.4 is 0 Å². The third-order valence-corrected chi connectivity index (χ3v) is 1.15. The molecule has 3 nitrogen and oxygen atoms in total. The Hall–Kier alpha value is -0.850. The summed E-state index contributed by atoms with van der Waals surface area (Å²) >= 11 is 0. The van der Waals surface area contributed by atoms with Crippen LogP contribution >= 0.6 is 0 Å². The maximum atomic E-state index is 12.2. The Morgan fingerprint density at radius 1 is 1.25 bits per heavy atom. The van der Waals surface area contributed by atoms with Crippen LogP contribution in [0.2, 0.25) is 0 Å². The number of hydrogen-bond acceptors (Lipinski definition) is 2. The van der Waals surface area contributed by atoms with Crippen LogP contribution in [0.3, 0.4) is 0 Å². The highest BCUT2D eigenvalue weighted by molar-refractivity contribution is 5.76. The third-order valence-electron chi connectivity index (χ3n) is 1.15. The van der Waals surface area contributed by atoms with E-state index in [-0.39, 0.29) is 0 Å². The van der Waals surface area contributed by atoms with Crippen LogP contribution in [0.25, 0.3) is 0 Å². The van der Waals surface area contributed by atoms with Gasteiger partial charge in [-0.25, -0.2) is 4.79 Å². The van der Waals surface area contributed by atoms with E-state index in [2.05, 4.69) is 0 Å². The van der Waals surface area contributed by atoms with Crippen molar-refractivity contribution in [1.82, 2.24) is 0 Å². The average Bonchev–Trinajstić information content (AvgIpc) is 1.86. The summed E-state index contributed by atoms with van der Waals surface area (Å²) in [7, 11) is 0. The van der Waals surface area contributed by atoms with Crippen molar-refractivity contribution in [3.8, 4) is 0 Å². The summed E-state index contributed by atoms with van der Waals surface area (Å²) in [5.74, 6) is -12.7. The zero-order valence-electron chi connectivity index (χ0n) is 5.73. The summed E-state index contributed by atoms with van der Waals surface area (Å²) in [5.41, 5.74) is 0. The number of aliphatic hydroxyl groups excluding tert-OH is 1. The lowest BCUT2D eigenvalue weighted by Crippen LogP contribution is -2.47. The lowest BCUT2D eigenvalue weighted by molar-refractivity contribution is -0.227. The Bertz CT molecular complexity index is 180. The van der Waals surface area contributed by atoms with E-state index in [1.807, 2.05) is 0 Å². The SMILES string of the molecule is O=C(O)C(F)(F)C(F)(F)CCO. The van der Waals surface area contributed by atoms with E-state index < -0.39 is 30.8 Å². The van der Waals surface area contributed by atoms with Gasteiger partial charge in [-0.05, 0) is 0 Å². The molecule has 72 valence electrons. The molecule has 0 atom stereocenters. The third kappa shape index (κ3) is 1.84. The van der Waals surface area contributed by atoms with Crippen LogP contribution in [0, 0.1) is 0 Å². The predicted octanol–water partition coefficient (Wildman–Crippen LogP) is 0.724. The molecular formula is C5H6F4O3. The molecule has 2 N–H and O–H groups in total. The minimum Gasteiger partial charge on any atom is -0.477 e. The molecule has 0 spiro atoms. The molecule has 0 aromatic rings. The van der Waals surface area contributed by atoms with E-state index in [0.717, 1.165) is 0 Å². The second-order valence-corrected chi connectivity index (χ2v) is 2.06. The zero-order chi connectivity index (χ0) is 9.99. The minimum absolute atomic E-state index is 1.20. The summed E-state index contributed by atoms with van der Waals surface area (Å²) < 4.78 is 48.4. The van der Waals surface area contributed by atoms with Gasteiger partial charge in [0.05, 0.1) is 0 Å². The molecule has 0 aliphatic heterocycles. The number of carboxylic acids is 1. The quantitative estimate of drug-likeness (QED) is 0.642. The molecule has 7 heteroatoms. The van der Waals surface area contributed by atoms with Crippen LogP contribution in [-0.4, -0.2) is 34.6 Å². The molecule has 0 fully saturated rings. The molecule has 0 heterocycles. The first-order valence-corrected chi connectivity index (χ1v) is 2.85. The van der Waals surface area contributed by atoms with Crippen molar-refractivity contribution in [3.63, 3.8) is 0 Å². The standard InChI is InChI=1S/C5H6F4O3/c6-4(7,1-2-10)5(8,9)3(11)12/h10H,1-2H2,(H,11,12). The molecule has 0 aliphatic carbocycles. The van der Waals surface area contributed by atoms with Crippen molar-refractivity contribution >= 4 is 5.97 Å². The molecule has 0 bridgehead atoms. The van der Waals surface area contributed by atoms with Gasteiger partial charge in [0, 0.05) is 13.0 Å².